The van der Waals surface area contributed by atoms with Crippen LogP contribution >= 0.6 is 0 Å². The summed E-state index contributed by atoms with van der Waals surface area (Å²) >= 11 is 0. The van der Waals surface area contributed by atoms with Gasteiger partial charge < -0.3 is 15.1 Å². The molecule has 1 heterocycles. The number of ketones is 1. The Bertz CT molecular complexity index is 901. The van der Waals surface area contributed by atoms with Gasteiger partial charge in [-0.2, -0.15) is 0 Å². The molecular weight excluding hydrogens is 349 g/mol. The predicted molar refractivity (Wildman–Crippen MR) is 97.3 cm³/mol. The van der Waals surface area contributed by atoms with E-state index in [-0.39, 0.29) is 23.7 Å². The second-order valence-corrected chi connectivity index (χ2v) is 6.83. The maximum atomic E-state index is 13.2. The molecule has 1 aliphatic heterocycles. The number of nitrogens with zero attached hydrogens (tertiary/aromatic N) is 1. The van der Waals surface area contributed by atoms with E-state index >= 15 is 0 Å². The SMILES string of the molecule is CC(C)C(=O)C1=C(O)C(=O)N(Cc2ccc(F)cc2)C1c1ccc(O)cc1. The van der Waals surface area contributed by atoms with Crippen molar-refractivity contribution in [1.29, 1.82) is 0 Å². The van der Waals surface area contributed by atoms with Crippen molar-refractivity contribution in [3.63, 3.8) is 0 Å². The highest BCUT2D eigenvalue weighted by molar-refractivity contribution is 6.09. The zero-order valence-corrected chi connectivity index (χ0v) is 15.0. The van der Waals surface area contributed by atoms with Crippen molar-refractivity contribution in [2.24, 2.45) is 5.92 Å². The Morgan fingerprint density at radius 2 is 1.67 bits per heavy atom. The molecule has 0 radical (unpaired) electrons. The zero-order valence-electron chi connectivity index (χ0n) is 15.0. The van der Waals surface area contributed by atoms with Gasteiger partial charge in [0.05, 0.1) is 11.6 Å². The Morgan fingerprint density at radius 3 is 2.22 bits per heavy atom. The van der Waals surface area contributed by atoms with E-state index < -0.39 is 29.4 Å². The maximum Gasteiger partial charge on any atom is 0.290 e. The standard InChI is InChI=1S/C21H20FNO4/c1-12(2)19(25)17-18(14-5-9-16(24)10-6-14)23(21(27)20(17)26)11-13-3-7-15(22)8-4-13/h3-10,12,18,24,26H,11H2,1-2H3. The van der Waals surface area contributed by atoms with Crippen LogP contribution in [0.2, 0.25) is 0 Å². The van der Waals surface area contributed by atoms with Crippen molar-refractivity contribution in [1.82, 2.24) is 4.90 Å². The number of rotatable bonds is 5. The van der Waals surface area contributed by atoms with E-state index in [4.69, 9.17) is 0 Å². The number of hydrogen-bond donors (Lipinski definition) is 2. The molecule has 2 aromatic rings. The molecule has 140 valence electrons. The van der Waals surface area contributed by atoms with Gasteiger partial charge in [-0.05, 0) is 35.4 Å². The van der Waals surface area contributed by atoms with Gasteiger partial charge in [-0.25, -0.2) is 4.39 Å². The fraction of sp³-hybridized carbons (Fsp3) is 0.238. The highest BCUT2D eigenvalue weighted by atomic mass is 19.1. The molecule has 0 spiro atoms. The average molecular weight is 369 g/mol. The third-order valence-corrected chi connectivity index (χ3v) is 4.57. The van der Waals surface area contributed by atoms with Gasteiger partial charge >= 0.3 is 0 Å². The number of phenolic OH excluding ortho intramolecular Hbond substituents is 1. The van der Waals surface area contributed by atoms with Gasteiger partial charge in [0.1, 0.15) is 11.6 Å². The predicted octanol–water partition coefficient (Wildman–Crippen LogP) is 3.65. The van der Waals surface area contributed by atoms with E-state index in [1.807, 2.05) is 0 Å². The Balaban J connectivity index is 2.05. The highest BCUT2D eigenvalue weighted by Crippen LogP contribution is 2.40. The number of hydrogen-bond acceptors (Lipinski definition) is 4. The fourth-order valence-corrected chi connectivity index (χ4v) is 3.17. The first-order chi connectivity index (χ1) is 12.8. The van der Waals surface area contributed by atoms with Gasteiger partial charge in [0.25, 0.3) is 5.91 Å². The smallest absolute Gasteiger partial charge is 0.290 e. The minimum Gasteiger partial charge on any atom is -0.508 e. The lowest BCUT2D eigenvalue weighted by Gasteiger charge is -2.27. The number of aliphatic hydroxyl groups is 1. The minimum atomic E-state index is -0.780. The van der Waals surface area contributed by atoms with Crippen molar-refractivity contribution in [3.8, 4) is 5.75 Å². The summed E-state index contributed by atoms with van der Waals surface area (Å²) in [4.78, 5) is 26.8. The average Bonchev–Trinajstić information content (AvgIpc) is 2.88. The monoisotopic (exact) mass is 369 g/mol. The van der Waals surface area contributed by atoms with Gasteiger partial charge in [-0.3, -0.25) is 9.59 Å². The molecule has 1 atom stereocenters. The third kappa shape index (κ3) is 3.56. The van der Waals surface area contributed by atoms with E-state index in [0.29, 0.717) is 11.1 Å². The first kappa shape index (κ1) is 18.6. The summed E-state index contributed by atoms with van der Waals surface area (Å²) in [6, 6.07) is 11.0. The summed E-state index contributed by atoms with van der Waals surface area (Å²) in [5.74, 6) is -2.27. The number of carbonyl (C=O) groups is 2. The van der Waals surface area contributed by atoms with Crippen molar-refractivity contribution in [2.45, 2.75) is 26.4 Å². The van der Waals surface area contributed by atoms with Gasteiger partial charge in [0.2, 0.25) is 0 Å². The molecule has 0 saturated carbocycles. The van der Waals surface area contributed by atoms with E-state index in [9.17, 15) is 24.2 Å². The minimum absolute atomic E-state index is 0.0443. The van der Waals surface area contributed by atoms with Crippen LogP contribution in [0.4, 0.5) is 4.39 Å². The van der Waals surface area contributed by atoms with Crippen LogP contribution in [0.15, 0.2) is 59.9 Å². The largest absolute Gasteiger partial charge is 0.508 e. The van der Waals surface area contributed by atoms with Gasteiger partial charge in [0, 0.05) is 12.5 Å². The van der Waals surface area contributed by atoms with Crippen LogP contribution < -0.4 is 0 Å². The van der Waals surface area contributed by atoms with E-state index in [1.165, 1.54) is 29.2 Å². The Morgan fingerprint density at radius 1 is 1.07 bits per heavy atom. The van der Waals surface area contributed by atoms with Crippen LogP contribution in [0.25, 0.3) is 0 Å². The van der Waals surface area contributed by atoms with Crippen molar-refractivity contribution >= 4 is 11.7 Å². The number of amides is 1. The summed E-state index contributed by atoms with van der Waals surface area (Å²) < 4.78 is 13.2. The summed E-state index contributed by atoms with van der Waals surface area (Å²) in [5.41, 5.74) is 1.30. The van der Waals surface area contributed by atoms with E-state index in [1.54, 1.807) is 38.1 Å². The van der Waals surface area contributed by atoms with Crippen molar-refractivity contribution < 1.29 is 24.2 Å². The van der Waals surface area contributed by atoms with Crippen LogP contribution in [-0.4, -0.2) is 26.8 Å². The Kier molecular flexibility index (Phi) is 4.99. The van der Waals surface area contributed by atoms with Crippen LogP contribution in [0, 0.1) is 11.7 Å². The molecular formula is C21H20FNO4. The second kappa shape index (κ2) is 7.23. The number of aliphatic hydroxyl groups excluding tert-OH is 1. The highest BCUT2D eigenvalue weighted by Gasteiger charge is 2.43. The molecule has 3 rings (SSSR count). The van der Waals surface area contributed by atoms with Crippen LogP contribution in [0.3, 0.4) is 0 Å². The molecule has 2 N–H and O–H groups in total. The Labute approximate surface area is 156 Å². The molecule has 0 fully saturated rings. The molecule has 6 heteroatoms. The second-order valence-electron chi connectivity index (χ2n) is 6.83. The van der Waals surface area contributed by atoms with Crippen molar-refractivity contribution in [2.75, 3.05) is 0 Å². The normalized spacial score (nSPS) is 17.1. The fourth-order valence-electron chi connectivity index (χ4n) is 3.17. The molecule has 2 aromatic carbocycles. The molecule has 5 nitrogen and oxygen atoms in total. The van der Waals surface area contributed by atoms with Gasteiger partial charge in [-0.15, -0.1) is 0 Å². The molecule has 0 aromatic heterocycles. The van der Waals surface area contributed by atoms with Crippen LogP contribution in [0.1, 0.15) is 31.0 Å². The molecule has 1 aliphatic rings. The number of benzene rings is 2. The van der Waals surface area contributed by atoms with Crippen LogP contribution in [-0.2, 0) is 16.1 Å². The third-order valence-electron chi connectivity index (χ3n) is 4.57. The summed E-state index contributed by atoms with van der Waals surface area (Å²) in [7, 11) is 0. The first-order valence-electron chi connectivity index (χ1n) is 8.61. The number of phenols is 1. The quantitative estimate of drug-likeness (QED) is 0.843. The van der Waals surface area contributed by atoms with Crippen molar-refractivity contribution in [3.05, 3.63) is 76.8 Å². The molecule has 0 aliphatic carbocycles. The zero-order chi connectivity index (χ0) is 19.7. The molecule has 1 amide bonds. The lowest BCUT2D eigenvalue weighted by Crippen LogP contribution is -2.31. The maximum absolute atomic E-state index is 13.2. The molecule has 27 heavy (non-hydrogen) atoms. The molecule has 0 saturated heterocycles. The van der Waals surface area contributed by atoms with E-state index in [2.05, 4.69) is 0 Å². The summed E-state index contributed by atoms with van der Waals surface area (Å²) in [5, 5.41) is 20.0. The number of aromatic hydroxyl groups is 1. The van der Waals surface area contributed by atoms with Gasteiger partial charge in [-0.1, -0.05) is 38.1 Å². The first-order valence-corrected chi connectivity index (χ1v) is 8.61. The lowest BCUT2D eigenvalue weighted by atomic mass is 9.91. The van der Waals surface area contributed by atoms with Gasteiger partial charge in [0.15, 0.2) is 11.5 Å². The number of Topliss-reactive ketones (excluding diaryl/α,β-unsaturated/α-hetero) is 1. The number of carbonyl (C=O) groups excluding carboxylic acids is 2. The van der Waals surface area contributed by atoms with E-state index in [0.717, 1.165) is 0 Å². The summed E-state index contributed by atoms with van der Waals surface area (Å²) in [6.45, 7) is 3.50. The molecule has 1 unspecified atom stereocenters. The number of halogens is 1. The topological polar surface area (TPSA) is 77.8 Å². The Hall–Kier alpha value is -3.15. The summed E-state index contributed by atoms with van der Waals surface area (Å²) in [6.07, 6.45) is 0. The van der Waals surface area contributed by atoms with Crippen LogP contribution in [0.5, 0.6) is 5.75 Å². The molecule has 0 bridgehead atoms. The lowest BCUT2D eigenvalue weighted by molar-refractivity contribution is -0.130.